The number of hydrogen-bond acceptors (Lipinski definition) is 4. The van der Waals surface area contributed by atoms with Crippen LogP contribution in [-0.4, -0.2) is 44.7 Å². The van der Waals surface area contributed by atoms with Crippen molar-refractivity contribution in [3.63, 3.8) is 0 Å². The fourth-order valence-electron chi connectivity index (χ4n) is 2.42. The van der Waals surface area contributed by atoms with E-state index in [1.807, 2.05) is 6.92 Å². The first-order valence-electron chi connectivity index (χ1n) is 8.55. The summed E-state index contributed by atoms with van der Waals surface area (Å²) in [6.07, 6.45) is 0. The fourth-order valence-corrected chi connectivity index (χ4v) is 3.68. The van der Waals surface area contributed by atoms with Gasteiger partial charge < -0.3 is 10.6 Å². The van der Waals surface area contributed by atoms with Crippen LogP contribution in [0.1, 0.15) is 22.8 Å². The van der Waals surface area contributed by atoms with E-state index in [1.165, 1.54) is 31.3 Å². The number of amides is 2. The van der Waals surface area contributed by atoms with Gasteiger partial charge in [0.25, 0.3) is 5.91 Å². The summed E-state index contributed by atoms with van der Waals surface area (Å²) in [4.78, 5) is 24.4. The number of rotatable bonds is 7. The minimum Gasteiger partial charge on any atom is -0.352 e. The molecule has 0 saturated carbocycles. The van der Waals surface area contributed by atoms with Crippen molar-refractivity contribution >= 4 is 39.1 Å². The van der Waals surface area contributed by atoms with Gasteiger partial charge in [-0.25, -0.2) is 8.42 Å². The molecule has 2 aromatic rings. The molecule has 0 unspecified atom stereocenters. The number of likely N-dealkylation sites (N-methyl/N-ethyl adjacent to an activating group) is 1. The van der Waals surface area contributed by atoms with E-state index in [0.717, 1.165) is 9.87 Å². The van der Waals surface area contributed by atoms with Gasteiger partial charge in [-0.05, 0) is 55.8 Å². The molecule has 0 heterocycles. The van der Waals surface area contributed by atoms with Crippen LogP contribution in [0.2, 0.25) is 5.02 Å². The highest BCUT2D eigenvalue weighted by Gasteiger charge is 2.23. The minimum absolute atomic E-state index is 0.0432. The van der Waals surface area contributed by atoms with Crippen LogP contribution in [0.15, 0.2) is 47.4 Å². The Morgan fingerprint density at radius 2 is 1.75 bits per heavy atom. The van der Waals surface area contributed by atoms with Crippen LogP contribution in [-0.2, 0) is 14.8 Å². The van der Waals surface area contributed by atoms with Gasteiger partial charge in [-0.15, -0.1) is 0 Å². The second-order valence-corrected chi connectivity index (χ2v) is 8.63. The van der Waals surface area contributed by atoms with Gasteiger partial charge in [-0.2, -0.15) is 4.31 Å². The number of nitrogens with one attached hydrogen (secondary N) is 2. The summed E-state index contributed by atoms with van der Waals surface area (Å²) >= 11 is 5.78. The summed E-state index contributed by atoms with van der Waals surface area (Å²) in [5.41, 5.74) is 1.61. The lowest BCUT2D eigenvalue weighted by Crippen LogP contribution is -2.35. The summed E-state index contributed by atoms with van der Waals surface area (Å²) in [5, 5.41) is 5.77. The Hall–Kier alpha value is -2.42. The zero-order chi connectivity index (χ0) is 20.9. The molecular formula is C19H22ClN3O4S. The quantitative estimate of drug-likeness (QED) is 0.715. The molecule has 9 heteroatoms. The molecule has 0 aromatic heterocycles. The predicted molar refractivity (Wildman–Crippen MR) is 109 cm³/mol. The Labute approximate surface area is 169 Å². The highest BCUT2D eigenvalue weighted by Crippen LogP contribution is 2.19. The smallest absolute Gasteiger partial charge is 0.251 e. The fraction of sp³-hybridized carbons (Fsp3) is 0.263. The van der Waals surface area contributed by atoms with Crippen molar-refractivity contribution < 1.29 is 18.0 Å². The molecule has 2 amide bonds. The van der Waals surface area contributed by atoms with Gasteiger partial charge in [0.2, 0.25) is 15.9 Å². The molecule has 0 aliphatic heterocycles. The number of benzene rings is 2. The molecule has 2 N–H and O–H groups in total. The molecule has 0 saturated heterocycles. The zero-order valence-corrected chi connectivity index (χ0v) is 17.4. The summed E-state index contributed by atoms with van der Waals surface area (Å²) in [6, 6.07) is 10.6. The number of sulfonamides is 1. The van der Waals surface area contributed by atoms with Crippen molar-refractivity contribution in [3.05, 3.63) is 58.6 Å². The Morgan fingerprint density at radius 3 is 2.36 bits per heavy atom. The van der Waals surface area contributed by atoms with E-state index in [4.69, 9.17) is 11.6 Å². The molecule has 0 radical (unpaired) electrons. The van der Waals surface area contributed by atoms with Crippen LogP contribution in [0, 0.1) is 6.92 Å². The first kappa shape index (κ1) is 21.9. The molecule has 28 heavy (non-hydrogen) atoms. The monoisotopic (exact) mass is 423 g/mol. The number of nitrogens with zero attached hydrogens (tertiary/aromatic N) is 1. The molecule has 150 valence electrons. The molecule has 0 atom stereocenters. The van der Waals surface area contributed by atoms with Crippen LogP contribution >= 0.6 is 11.6 Å². The van der Waals surface area contributed by atoms with E-state index in [9.17, 15) is 18.0 Å². The van der Waals surface area contributed by atoms with Crippen molar-refractivity contribution in [3.8, 4) is 0 Å². The summed E-state index contributed by atoms with van der Waals surface area (Å²) in [7, 11) is -2.51. The summed E-state index contributed by atoms with van der Waals surface area (Å²) in [6.45, 7) is 3.70. The third-order valence-corrected chi connectivity index (χ3v) is 6.07. The maximum absolute atomic E-state index is 12.6. The third kappa shape index (κ3) is 5.31. The third-order valence-electron chi connectivity index (χ3n) is 4.00. The molecule has 2 rings (SSSR count). The van der Waals surface area contributed by atoms with Gasteiger partial charge in [-0.1, -0.05) is 17.7 Å². The molecule has 0 aliphatic carbocycles. The maximum Gasteiger partial charge on any atom is 0.251 e. The lowest BCUT2D eigenvalue weighted by Gasteiger charge is -2.17. The van der Waals surface area contributed by atoms with Gasteiger partial charge in [0.15, 0.2) is 0 Å². The number of aryl methyl sites for hydroxylation is 1. The molecular weight excluding hydrogens is 402 g/mol. The number of hydrogen-bond donors (Lipinski definition) is 2. The van der Waals surface area contributed by atoms with E-state index in [1.54, 1.807) is 25.1 Å². The Bertz CT molecular complexity index is 975. The average molecular weight is 424 g/mol. The Kier molecular flexibility index (Phi) is 7.17. The average Bonchev–Trinajstić information content (AvgIpc) is 2.64. The largest absolute Gasteiger partial charge is 0.352 e. The number of anilines is 1. The van der Waals surface area contributed by atoms with E-state index < -0.39 is 15.9 Å². The van der Waals surface area contributed by atoms with Crippen LogP contribution in [0.4, 0.5) is 5.69 Å². The normalized spacial score (nSPS) is 11.3. The summed E-state index contributed by atoms with van der Waals surface area (Å²) < 4.78 is 26.1. The molecule has 0 spiro atoms. The predicted octanol–water partition coefficient (Wildman–Crippen LogP) is 2.66. The van der Waals surface area contributed by atoms with Gasteiger partial charge >= 0.3 is 0 Å². The summed E-state index contributed by atoms with van der Waals surface area (Å²) in [5.74, 6) is -0.767. The highest BCUT2D eigenvalue weighted by atomic mass is 35.5. The van der Waals surface area contributed by atoms with Crippen molar-refractivity contribution in [2.45, 2.75) is 18.7 Å². The zero-order valence-electron chi connectivity index (χ0n) is 15.8. The molecule has 2 aromatic carbocycles. The maximum atomic E-state index is 12.6. The topological polar surface area (TPSA) is 95.6 Å². The standard InChI is InChI=1S/C19H22ClN3O4S/c1-4-21-19(25)14-6-5-13(2)17(11-14)22-18(24)12-23(3)28(26,27)16-9-7-15(20)8-10-16/h5-11H,4,12H2,1-3H3,(H,21,25)(H,22,24). The van der Waals surface area contributed by atoms with Crippen molar-refractivity contribution in [2.75, 3.05) is 25.5 Å². The van der Waals surface area contributed by atoms with Gasteiger partial charge in [-0.3, -0.25) is 9.59 Å². The highest BCUT2D eigenvalue weighted by molar-refractivity contribution is 7.89. The van der Waals surface area contributed by atoms with E-state index in [2.05, 4.69) is 10.6 Å². The van der Waals surface area contributed by atoms with Crippen LogP contribution < -0.4 is 10.6 Å². The first-order chi connectivity index (χ1) is 13.1. The van der Waals surface area contributed by atoms with Crippen LogP contribution in [0.5, 0.6) is 0 Å². The SMILES string of the molecule is CCNC(=O)c1ccc(C)c(NC(=O)CN(C)S(=O)(=O)c2ccc(Cl)cc2)c1. The molecule has 0 aliphatic rings. The van der Waals surface area contributed by atoms with Gasteiger partial charge in [0.1, 0.15) is 0 Å². The lowest BCUT2D eigenvalue weighted by molar-refractivity contribution is -0.116. The van der Waals surface area contributed by atoms with Crippen LogP contribution in [0.3, 0.4) is 0 Å². The Balaban J connectivity index is 2.12. The van der Waals surface area contributed by atoms with Crippen molar-refractivity contribution in [1.29, 1.82) is 0 Å². The van der Waals surface area contributed by atoms with Crippen molar-refractivity contribution in [1.82, 2.24) is 9.62 Å². The second-order valence-electron chi connectivity index (χ2n) is 6.15. The Morgan fingerprint density at radius 1 is 1.11 bits per heavy atom. The van der Waals surface area contributed by atoms with Crippen molar-refractivity contribution in [2.24, 2.45) is 0 Å². The second kappa shape index (κ2) is 9.18. The van der Waals surface area contributed by atoms with Gasteiger partial charge in [0, 0.05) is 29.9 Å². The molecule has 0 fully saturated rings. The number of carbonyl (C=O) groups is 2. The number of carbonyl (C=O) groups excluding carboxylic acids is 2. The van der Waals surface area contributed by atoms with E-state index >= 15 is 0 Å². The van der Waals surface area contributed by atoms with E-state index in [0.29, 0.717) is 22.8 Å². The molecule has 0 bridgehead atoms. The number of halogens is 1. The van der Waals surface area contributed by atoms with Gasteiger partial charge in [0.05, 0.1) is 11.4 Å². The van der Waals surface area contributed by atoms with E-state index in [-0.39, 0.29) is 17.3 Å². The first-order valence-corrected chi connectivity index (χ1v) is 10.4. The minimum atomic E-state index is -3.83. The lowest BCUT2D eigenvalue weighted by atomic mass is 10.1. The van der Waals surface area contributed by atoms with Crippen LogP contribution in [0.25, 0.3) is 0 Å². The molecule has 7 nitrogen and oxygen atoms in total.